The molecule has 0 heterocycles. The van der Waals surface area contributed by atoms with Crippen molar-refractivity contribution in [2.24, 2.45) is 5.10 Å². The van der Waals surface area contributed by atoms with Gasteiger partial charge in [0, 0.05) is 11.6 Å². The highest BCUT2D eigenvalue weighted by Crippen LogP contribution is 2.27. The lowest BCUT2D eigenvalue weighted by Crippen LogP contribution is -2.33. The normalized spacial score (nSPS) is 12.0. The summed E-state index contributed by atoms with van der Waals surface area (Å²) >= 11 is 9.12. The molecule has 2 aromatic carbocycles. The highest BCUT2D eigenvalue weighted by molar-refractivity contribution is 9.10. The molecule has 0 aromatic heterocycles. The van der Waals surface area contributed by atoms with E-state index in [4.69, 9.17) is 16.3 Å². The van der Waals surface area contributed by atoms with Crippen LogP contribution in [0.2, 0.25) is 5.02 Å². The quantitative estimate of drug-likeness (QED) is 0.413. The molecule has 0 aliphatic rings. The summed E-state index contributed by atoms with van der Waals surface area (Å²) in [6, 6.07) is 9.72. The first-order valence-electron chi connectivity index (χ1n) is 7.47. The zero-order valence-electron chi connectivity index (χ0n) is 13.9. The van der Waals surface area contributed by atoms with Crippen LogP contribution in [-0.2, 0) is 4.79 Å². The average Bonchev–Trinajstić information content (AvgIpc) is 2.58. The van der Waals surface area contributed by atoms with Gasteiger partial charge in [-0.15, -0.1) is 0 Å². The number of carbonyl (C=O) groups is 1. The van der Waals surface area contributed by atoms with Crippen LogP contribution < -0.4 is 10.2 Å². The zero-order chi connectivity index (χ0) is 19.3. The SMILES string of the molecule is Cc1ccc(O[C@@H](C)C(=O)NN=Cc2ccc(Cl)c([N+](=O)[O-])c2)c(Br)c1. The van der Waals surface area contributed by atoms with Crippen molar-refractivity contribution in [3.8, 4) is 5.75 Å². The maximum absolute atomic E-state index is 12.1. The van der Waals surface area contributed by atoms with Crippen molar-refractivity contribution >= 4 is 45.3 Å². The molecule has 1 N–H and O–H groups in total. The highest BCUT2D eigenvalue weighted by atomic mass is 79.9. The van der Waals surface area contributed by atoms with Crippen molar-refractivity contribution in [2.75, 3.05) is 0 Å². The standard InChI is InChI=1S/C17H15BrClN3O4/c1-10-3-6-16(13(18)7-10)26-11(2)17(23)21-20-9-12-4-5-14(19)15(8-12)22(24)25/h3-9,11H,1-2H3,(H,21,23)/t11-/m0/s1. The van der Waals surface area contributed by atoms with E-state index in [0.29, 0.717) is 11.3 Å². The second-order valence-corrected chi connectivity index (χ2v) is 6.66. The fourth-order valence-electron chi connectivity index (χ4n) is 1.96. The average molecular weight is 441 g/mol. The molecular weight excluding hydrogens is 426 g/mol. The maximum atomic E-state index is 12.1. The molecule has 0 bridgehead atoms. The van der Waals surface area contributed by atoms with Gasteiger partial charge in [0.05, 0.1) is 15.6 Å². The molecule has 0 aliphatic heterocycles. The Hall–Kier alpha value is -2.45. The smallest absolute Gasteiger partial charge is 0.288 e. The third-order valence-electron chi connectivity index (χ3n) is 3.32. The van der Waals surface area contributed by atoms with E-state index in [-0.39, 0.29) is 10.7 Å². The largest absolute Gasteiger partial charge is 0.480 e. The summed E-state index contributed by atoms with van der Waals surface area (Å²) in [5.41, 5.74) is 3.58. The van der Waals surface area contributed by atoms with Crippen LogP contribution in [0.15, 0.2) is 46.0 Å². The first-order valence-corrected chi connectivity index (χ1v) is 8.64. The lowest BCUT2D eigenvalue weighted by atomic mass is 10.2. The van der Waals surface area contributed by atoms with E-state index in [2.05, 4.69) is 26.5 Å². The summed E-state index contributed by atoms with van der Waals surface area (Å²) in [6.07, 6.45) is 0.501. The number of nitrogens with zero attached hydrogens (tertiary/aromatic N) is 2. The number of aryl methyl sites for hydroxylation is 1. The number of benzene rings is 2. The van der Waals surface area contributed by atoms with Crippen LogP contribution in [0.4, 0.5) is 5.69 Å². The van der Waals surface area contributed by atoms with E-state index in [1.54, 1.807) is 19.1 Å². The molecule has 0 unspecified atom stereocenters. The molecule has 26 heavy (non-hydrogen) atoms. The number of carbonyl (C=O) groups excluding carboxylic acids is 1. The minimum absolute atomic E-state index is 0.0295. The van der Waals surface area contributed by atoms with Crippen molar-refractivity contribution in [3.63, 3.8) is 0 Å². The molecule has 136 valence electrons. The number of hydrogen-bond donors (Lipinski definition) is 1. The Labute approximate surface area is 163 Å². The van der Waals surface area contributed by atoms with Crippen LogP contribution in [0, 0.1) is 17.0 Å². The first kappa shape index (κ1) is 19.9. The van der Waals surface area contributed by atoms with Gasteiger partial charge in [0.25, 0.3) is 11.6 Å². The number of nitro benzene ring substituents is 1. The van der Waals surface area contributed by atoms with Crippen molar-refractivity contribution in [2.45, 2.75) is 20.0 Å². The summed E-state index contributed by atoms with van der Waals surface area (Å²) in [4.78, 5) is 22.3. The summed E-state index contributed by atoms with van der Waals surface area (Å²) in [5, 5.41) is 14.7. The highest BCUT2D eigenvalue weighted by Gasteiger charge is 2.16. The number of rotatable bonds is 6. The van der Waals surface area contributed by atoms with E-state index in [9.17, 15) is 14.9 Å². The third-order valence-corrected chi connectivity index (χ3v) is 4.25. The number of hydrazone groups is 1. The molecule has 0 fully saturated rings. The van der Waals surface area contributed by atoms with Crippen molar-refractivity contribution < 1.29 is 14.5 Å². The number of ether oxygens (including phenoxy) is 1. The summed E-state index contributed by atoms with van der Waals surface area (Å²) in [6.45, 7) is 3.53. The zero-order valence-corrected chi connectivity index (χ0v) is 16.2. The Morgan fingerprint density at radius 1 is 1.38 bits per heavy atom. The topological polar surface area (TPSA) is 93.8 Å². The summed E-state index contributed by atoms with van der Waals surface area (Å²) in [7, 11) is 0. The minimum Gasteiger partial charge on any atom is -0.480 e. The van der Waals surface area contributed by atoms with Gasteiger partial charge in [0.1, 0.15) is 10.8 Å². The van der Waals surface area contributed by atoms with Crippen LogP contribution in [0.1, 0.15) is 18.1 Å². The molecule has 9 heteroatoms. The molecular formula is C17H15BrClN3O4. The molecule has 2 aromatic rings. The lowest BCUT2D eigenvalue weighted by molar-refractivity contribution is -0.384. The molecule has 0 aliphatic carbocycles. The van der Waals surface area contributed by atoms with Crippen LogP contribution >= 0.6 is 27.5 Å². The number of amides is 1. The summed E-state index contributed by atoms with van der Waals surface area (Å²) in [5.74, 6) is 0.0766. The molecule has 1 atom stereocenters. The maximum Gasteiger partial charge on any atom is 0.288 e. The van der Waals surface area contributed by atoms with Crippen LogP contribution in [0.3, 0.4) is 0 Å². The third kappa shape index (κ3) is 5.27. The van der Waals surface area contributed by atoms with Gasteiger partial charge in [-0.1, -0.05) is 23.7 Å². The fourth-order valence-corrected chi connectivity index (χ4v) is 2.73. The lowest BCUT2D eigenvalue weighted by Gasteiger charge is -2.14. The number of nitrogens with one attached hydrogen (secondary N) is 1. The minimum atomic E-state index is -0.786. The number of halogens is 2. The second-order valence-electron chi connectivity index (χ2n) is 5.40. The van der Waals surface area contributed by atoms with Crippen LogP contribution in [-0.4, -0.2) is 23.1 Å². The van der Waals surface area contributed by atoms with E-state index in [1.807, 2.05) is 19.1 Å². The number of hydrogen-bond acceptors (Lipinski definition) is 5. The molecule has 1 amide bonds. The molecule has 0 saturated carbocycles. The van der Waals surface area contributed by atoms with E-state index < -0.39 is 16.9 Å². The molecule has 7 nitrogen and oxygen atoms in total. The fraction of sp³-hybridized carbons (Fsp3) is 0.176. The van der Waals surface area contributed by atoms with E-state index >= 15 is 0 Å². The monoisotopic (exact) mass is 439 g/mol. The predicted octanol–water partition coefficient (Wildman–Crippen LogP) is 4.24. The molecule has 2 rings (SSSR count). The van der Waals surface area contributed by atoms with Gasteiger partial charge in [-0.05, 0) is 53.5 Å². The van der Waals surface area contributed by atoms with Gasteiger partial charge in [0.2, 0.25) is 0 Å². The van der Waals surface area contributed by atoms with Gasteiger partial charge in [-0.3, -0.25) is 14.9 Å². The Balaban J connectivity index is 1.98. The first-order chi connectivity index (χ1) is 12.3. The Bertz CT molecular complexity index is 873. The van der Waals surface area contributed by atoms with E-state index in [1.165, 1.54) is 18.3 Å². The molecule has 0 spiro atoms. The predicted molar refractivity (Wildman–Crippen MR) is 103 cm³/mol. The number of nitro groups is 1. The van der Waals surface area contributed by atoms with Gasteiger partial charge < -0.3 is 4.74 Å². The van der Waals surface area contributed by atoms with Crippen LogP contribution in [0.5, 0.6) is 5.75 Å². The molecule has 0 radical (unpaired) electrons. The van der Waals surface area contributed by atoms with Crippen LogP contribution in [0.25, 0.3) is 0 Å². The van der Waals surface area contributed by atoms with Gasteiger partial charge >= 0.3 is 0 Å². The Morgan fingerprint density at radius 2 is 2.12 bits per heavy atom. The van der Waals surface area contributed by atoms with Crippen molar-refractivity contribution in [1.29, 1.82) is 0 Å². The Kier molecular flexibility index (Phi) is 6.70. The summed E-state index contributed by atoms with van der Waals surface area (Å²) < 4.78 is 6.34. The van der Waals surface area contributed by atoms with Gasteiger partial charge in [-0.2, -0.15) is 5.10 Å². The van der Waals surface area contributed by atoms with Gasteiger partial charge in [-0.25, -0.2) is 5.43 Å². The van der Waals surface area contributed by atoms with Crippen molar-refractivity contribution in [3.05, 3.63) is 67.1 Å². The van der Waals surface area contributed by atoms with Gasteiger partial charge in [0.15, 0.2) is 6.10 Å². The molecule has 0 saturated heterocycles. The Morgan fingerprint density at radius 3 is 2.77 bits per heavy atom. The van der Waals surface area contributed by atoms with Crippen molar-refractivity contribution in [1.82, 2.24) is 5.43 Å². The second kappa shape index (κ2) is 8.77. The van der Waals surface area contributed by atoms with E-state index in [0.717, 1.165) is 10.0 Å².